The van der Waals surface area contributed by atoms with Crippen LogP contribution in [0.1, 0.15) is 30.9 Å². The van der Waals surface area contributed by atoms with Crippen molar-refractivity contribution < 1.29 is 5.11 Å². The average molecular weight is 234 g/mol. The highest BCUT2D eigenvalue weighted by molar-refractivity contribution is 5.19. The zero-order valence-corrected chi connectivity index (χ0v) is 10.3. The van der Waals surface area contributed by atoms with Crippen LogP contribution in [0.25, 0.3) is 0 Å². The second kappa shape index (κ2) is 6.15. The van der Waals surface area contributed by atoms with E-state index in [9.17, 15) is 5.11 Å². The summed E-state index contributed by atoms with van der Waals surface area (Å²) in [6.45, 7) is 1.89. The summed E-state index contributed by atoms with van der Waals surface area (Å²) < 4.78 is 0. The van der Waals surface area contributed by atoms with Crippen molar-refractivity contribution in [2.75, 3.05) is 19.7 Å². The third kappa shape index (κ3) is 2.86. The Morgan fingerprint density at radius 2 is 2.06 bits per heavy atom. The minimum absolute atomic E-state index is 0.239. The van der Waals surface area contributed by atoms with Crippen LogP contribution in [0, 0.1) is 0 Å². The van der Waals surface area contributed by atoms with E-state index in [-0.39, 0.29) is 18.7 Å². The summed E-state index contributed by atoms with van der Waals surface area (Å²) in [7, 11) is 0. The first-order chi connectivity index (χ1) is 8.36. The Labute approximate surface area is 103 Å². The highest BCUT2D eigenvalue weighted by atomic mass is 16.3. The summed E-state index contributed by atoms with van der Waals surface area (Å²) in [5, 5.41) is 9.47. The van der Waals surface area contributed by atoms with Crippen molar-refractivity contribution >= 4 is 0 Å². The molecule has 1 heterocycles. The van der Waals surface area contributed by atoms with Crippen LogP contribution in [-0.4, -0.2) is 35.7 Å². The smallest absolute Gasteiger partial charge is 0.0587 e. The van der Waals surface area contributed by atoms with Gasteiger partial charge in [0.15, 0.2) is 0 Å². The summed E-state index contributed by atoms with van der Waals surface area (Å²) in [4.78, 5) is 2.37. The molecule has 0 spiro atoms. The quantitative estimate of drug-likeness (QED) is 0.830. The first-order valence-corrected chi connectivity index (χ1v) is 6.48. The molecule has 0 aromatic heterocycles. The van der Waals surface area contributed by atoms with E-state index in [1.807, 2.05) is 6.07 Å². The average Bonchev–Trinajstić information content (AvgIpc) is 2.41. The lowest BCUT2D eigenvalue weighted by Crippen LogP contribution is -2.46. The molecule has 1 aliphatic heterocycles. The van der Waals surface area contributed by atoms with Crippen LogP contribution in [0.5, 0.6) is 0 Å². The number of hydrogen-bond donors (Lipinski definition) is 2. The van der Waals surface area contributed by atoms with Gasteiger partial charge in [0, 0.05) is 18.6 Å². The van der Waals surface area contributed by atoms with E-state index in [0.717, 1.165) is 13.0 Å². The molecule has 0 saturated carbocycles. The molecule has 0 radical (unpaired) electrons. The number of aliphatic hydroxyl groups excluding tert-OH is 1. The molecule has 3 N–H and O–H groups in total. The number of piperidine rings is 1. The molecule has 1 aromatic rings. The summed E-state index contributed by atoms with van der Waals surface area (Å²) >= 11 is 0. The number of benzene rings is 1. The van der Waals surface area contributed by atoms with E-state index in [1.54, 1.807) is 0 Å². The van der Waals surface area contributed by atoms with Gasteiger partial charge in [-0.25, -0.2) is 0 Å². The van der Waals surface area contributed by atoms with E-state index in [2.05, 4.69) is 29.2 Å². The van der Waals surface area contributed by atoms with Gasteiger partial charge in [0.05, 0.1) is 6.61 Å². The molecule has 0 aliphatic carbocycles. The van der Waals surface area contributed by atoms with Crippen LogP contribution in [0.15, 0.2) is 30.3 Å². The number of hydrogen-bond acceptors (Lipinski definition) is 3. The van der Waals surface area contributed by atoms with Crippen LogP contribution in [0.3, 0.4) is 0 Å². The molecule has 3 heteroatoms. The van der Waals surface area contributed by atoms with Crippen LogP contribution in [0.4, 0.5) is 0 Å². The molecule has 1 aromatic carbocycles. The second-order valence-corrected chi connectivity index (χ2v) is 4.73. The van der Waals surface area contributed by atoms with Crippen molar-refractivity contribution in [3.05, 3.63) is 35.9 Å². The third-order valence-corrected chi connectivity index (χ3v) is 3.69. The molecule has 0 bridgehead atoms. The van der Waals surface area contributed by atoms with Gasteiger partial charge in [0.1, 0.15) is 0 Å². The number of nitrogens with zero attached hydrogens (tertiary/aromatic N) is 1. The number of rotatable bonds is 4. The molecular formula is C14H22N2O. The van der Waals surface area contributed by atoms with Gasteiger partial charge >= 0.3 is 0 Å². The maximum absolute atomic E-state index is 9.47. The van der Waals surface area contributed by atoms with Crippen LogP contribution >= 0.6 is 0 Å². The molecule has 17 heavy (non-hydrogen) atoms. The van der Waals surface area contributed by atoms with Crippen LogP contribution in [0.2, 0.25) is 0 Å². The Bertz CT molecular complexity index is 328. The molecule has 2 unspecified atom stereocenters. The summed E-state index contributed by atoms with van der Waals surface area (Å²) in [6, 6.07) is 10.9. The van der Waals surface area contributed by atoms with Crippen LogP contribution in [-0.2, 0) is 0 Å². The predicted octanol–water partition coefficient (Wildman–Crippen LogP) is 1.53. The Hall–Kier alpha value is -0.900. The van der Waals surface area contributed by atoms with Gasteiger partial charge in [0.2, 0.25) is 0 Å². The summed E-state index contributed by atoms with van der Waals surface area (Å²) in [5.74, 6) is 0. The topological polar surface area (TPSA) is 49.5 Å². The lowest BCUT2D eigenvalue weighted by Gasteiger charge is -2.40. The minimum Gasteiger partial charge on any atom is -0.395 e. The van der Waals surface area contributed by atoms with Gasteiger partial charge < -0.3 is 10.8 Å². The van der Waals surface area contributed by atoms with Gasteiger partial charge in [0.25, 0.3) is 0 Å². The Kier molecular flexibility index (Phi) is 4.54. The number of nitrogens with two attached hydrogens (primary N) is 1. The highest BCUT2D eigenvalue weighted by Crippen LogP contribution is 2.27. The van der Waals surface area contributed by atoms with Crippen molar-refractivity contribution in [2.24, 2.45) is 5.73 Å². The van der Waals surface area contributed by atoms with E-state index in [4.69, 9.17) is 5.73 Å². The van der Waals surface area contributed by atoms with Gasteiger partial charge in [-0.15, -0.1) is 0 Å². The van der Waals surface area contributed by atoms with Crippen molar-refractivity contribution in [3.8, 4) is 0 Å². The fraction of sp³-hybridized carbons (Fsp3) is 0.571. The maximum atomic E-state index is 9.47. The van der Waals surface area contributed by atoms with Gasteiger partial charge in [-0.3, -0.25) is 4.90 Å². The molecule has 1 fully saturated rings. The Balaban J connectivity index is 2.16. The van der Waals surface area contributed by atoms with Gasteiger partial charge in [-0.05, 0) is 24.9 Å². The maximum Gasteiger partial charge on any atom is 0.0587 e. The molecule has 3 nitrogen and oxygen atoms in total. The van der Waals surface area contributed by atoms with E-state index >= 15 is 0 Å². The SMILES string of the molecule is NCC(c1ccccc1)N1CCCCC1CO. The Morgan fingerprint density at radius 3 is 2.71 bits per heavy atom. The monoisotopic (exact) mass is 234 g/mol. The first kappa shape index (κ1) is 12.6. The predicted molar refractivity (Wildman–Crippen MR) is 69.7 cm³/mol. The molecular weight excluding hydrogens is 212 g/mol. The van der Waals surface area contributed by atoms with Crippen molar-refractivity contribution in [1.29, 1.82) is 0 Å². The van der Waals surface area contributed by atoms with Gasteiger partial charge in [-0.1, -0.05) is 36.8 Å². The zero-order valence-electron chi connectivity index (χ0n) is 10.3. The lowest BCUT2D eigenvalue weighted by atomic mass is 9.96. The standard InChI is InChI=1S/C14H22N2O/c15-10-14(12-6-2-1-3-7-12)16-9-5-4-8-13(16)11-17/h1-3,6-7,13-14,17H,4-5,8-11,15H2. The van der Waals surface area contributed by atoms with Crippen molar-refractivity contribution in [2.45, 2.75) is 31.3 Å². The van der Waals surface area contributed by atoms with Crippen LogP contribution < -0.4 is 5.73 Å². The minimum atomic E-state index is 0.239. The van der Waals surface area contributed by atoms with E-state index in [1.165, 1.54) is 18.4 Å². The lowest BCUT2D eigenvalue weighted by molar-refractivity contribution is 0.0552. The van der Waals surface area contributed by atoms with E-state index < -0.39 is 0 Å². The second-order valence-electron chi connectivity index (χ2n) is 4.73. The van der Waals surface area contributed by atoms with E-state index in [0.29, 0.717) is 6.54 Å². The highest BCUT2D eigenvalue weighted by Gasteiger charge is 2.28. The number of likely N-dealkylation sites (tertiary alicyclic amines) is 1. The third-order valence-electron chi connectivity index (χ3n) is 3.69. The fourth-order valence-electron chi connectivity index (χ4n) is 2.77. The molecule has 1 saturated heterocycles. The molecule has 0 amide bonds. The normalized spacial score (nSPS) is 23.5. The summed E-state index contributed by atoms with van der Waals surface area (Å²) in [5.41, 5.74) is 7.19. The zero-order chi connectivity index (χ0) is 12.1. The first-order valence-electron chi connectivity index (χ1n) is 6.48. The van der Waals surface area contributed by atoms with Gasteiger partial charge in [-0.2, -0.15) is 0 Å². The molecule has 2 atom stereocenters. The molecule has 1 aliphatic rings. The number of aliphatic hydroxyl groups is 1. The molecule has 2 rings (SSSR count). The fourth-order valence-corrected chi connectivity index (χ4v) is 2.77. The largest absolute Gasteiger partial charge is 0.395 e. The van der Waals surface area contributed by atoms with Crippen molar-refractivity contribution in [1.82, 2.24) is 4.90 Å². The molecule has 94 valence electrons. The van der Waals surface area contributed by atoms with Crippen molar-refractivity contribution in [3.63, 3.8) is 0 Å². The summed E-state index contributed by atoms with van der Waals surface area (Å²) in [6.07, 6.45) is 3.51. The Morgan fingerprint density at radius 1 is 1.29 bits per heavy atom.